The monoisotopic (exact) mass is 533 g/mol. The molecule has 0 bridgehead atoms. The van der Waals surface area contributed by atoms with Crippen LogP contribution in [-0.2, 0) is 11.3 Å². The molecule has 2 amide bonds. The van der Waals surface area contributed by atoms with Gasteiger partial charge >= 0.3 is 0 Å². The van der Waals surface area contributed by atoms with Crippen molar-refractivity contribution in [3.63, 3.8) is 0 Å². The van der Waals surface area contributed by atoms with Gasteiger partial charge in [0.15, 0.2) is 0 Å². The summed E-state index contributed by atoms with van der Waals surface area (Å²) in [4.78, 5) is 35.9. The molecule has 5 rings (SSSR count). The molecule has 3 aromatic carbocycles. The maximum absolute atomic E-state index is 13.9. The van der Waals surface area contributed by atoms with Gasteiger partial charge in [0, 0.05) is 49.7 Å². The highest BCUT2D eigenvalue weighted by atomic mass is 16.2. The third-order valence-corrected chi connectivity index (χ3v) is 7.96. The van der Waals surface area contributed by atoms with E-state index in [-0.39, 0.29) is 23.8 Å². The zero-order valence-corrected chi connectivity index (χ0v) is 23.2. The SMILES string of the molecule is CCCC[C@H]1CN(C(=O)c2cccc3ccccc23)CCN1C(=O)[C@H](C)c1cncn1Cc1ccc(C#N)cc1. The molecule has 1 aromatic heterocycles. The predicted molar refractivity (Wildman–Crippen MR) is 156 cm³/mol. The van der Waals surface area contributed by atoms with E-state index in [0.29, 0.717) is 37.3 Å². The van der Waals surface area contributed by atoms with Crippen LogP contribution in [0.1, 0.15) is 66.2 Å². The second-order valence-corrected chi connectivity index (χ2v) is 10.6. The number of aromatic nitrogens is 2. The molecule has 0 N–H and O–H groups in total. The summed E-state index contributed by atoms with van der Waals surface area (Å²) in [5, 5.41) is 11.1. The number of piperazine rings is 1. The summed E-state index contributed by atoms with van der Waals surface area (Å²) in [5.74, 6) is -0.274. The van der Waals surface area contributed by atoms with Gasteiger partial charge in [-0.25, -0.2) is 4.98 Å². The Hall–Kier alpha value is -4.44. The van der Waals surface area contributed by atoms with Crippen LogP contribution in [0.3, 0.4) is 0 Å². The van der Waals surface area contributed by atoms with Gasteiger partial charge < -0.3 is 14.4 Å². The first-order chi connectivity index (χ1) is 19.5. The molecule has 4 aromatic rings. The van der Waals surface area contributed by atoms with E-state index in [1.807, 2.05) is 75.9 Å². The molecule has 1 saturated heterocycles. The van der Waals surface area contributed by atoms with E-state index in [4.69, 9.17) is 5.26 Å². The van der Waals surface area contributed by atoms with E-state index >= 15 is 0 Å². The number of imidazole rings is 1. The van der Waals surface area contributed by atoms with Crippen molar-refractivity contribution in [2.75, 3.05) is 19.6 Å². The molecule has 7 nitrogen and oxygen atoms in total. The lowest BCUT2D eigenvalue weighted by Gasteiger charge is -2.42. The van der Waals surface area contributed by atoms with Crippen molar-refractivity contribution >= 4 is 22.6 Å². The van der Waals surface area contributed by atoms with Crippen molar-refractivity contribution in [2.24, 2.45) is 0 Å². The maximum atomic E-state index is 13.9. The highest BCUT2D eigenvalue weighted by molar-refractivity contribution is 6.07. The van der Waals surface area contributed by atoms with Gasteiger partial charge in [-0.1, -0.05) is 68.3 Å². The Bertz CT molecular complexity index is 1530. The zero-order chi connectivity index (χ0) is 28.1. The van der Waals surface area contributed by atoms with Crippen LogP contribution in [-0.4, -0.2) is 56.8 Å². The lowest BCUT2D eigenvalue weighted by molar-refractivity contribution is -0.137. The van der Waals surface area contributed by atoms with Gasteiger partial charge in [-0.15, -0.1) is 0 Å². The average molecular weight is 534 g/mol. The summed E-state index contributed by atoms with van der Waals surface area (Å²) in [6, 6.07) is 23.4. The number of unbranched alkanes of at least 4 members (excludes halogenated alkanes) is 1. The van der Waals surface area contributed by atoms with Gasteiger partial charge in [-0.05, 0) is 47.9 Å². The summed E-state index contributed by atoms with van der Waals surface area (Å²) >= 11 is 0. The van der Waals surface area contributed by atoms with Crippen LogP contribution in [0, 0.1) is 11.3 Å². The molecule has 0 spiro atoms. The Morgan fingerprint density at radius 3 is 2.60 bits per heavy atom. The fourth-order valence-corrected chi connectivity index (χ4v) is 5.68. The van der Waals surface area contributed by atoms with Gasteiger partial charge in [-0.3, -0.25) is 9.59 Å². The number of nitrogens with zero attached hydrogens (tertiary/aromatic N) is 5. The van der Waals surface area contributed by atoms with E-state index in [9.17, 15) is 9.59 Å². The highest BCUT2D eigenvalue weighted by Crippen LogP contribution is 2.26. The fraction of sp³-hybridized carbons (Fsp3) is 0.333. The van der Waals surface area contributed by atoms with Crippen LogP contribution in [0.15, 0.2) is 79.3 Å². The quantitative estimate of drug-likeness (QED) is 0.295. The van der Waals surface area contributed by atoms with Crippen LogP contribution in [0.25, 0.3) is 10.8 Å². The summed E-state index contributed by atoms with van der Waals surface area (Å²) in [5.41, 5.74) is 3.23. The number of benzene rings is 3. The van der Waals surface area contributed by atoms with Crippen molar-refractivity contribution in [2.45, 2.75) is 51.6 Å². The van der Waals surface area contributed by atoms with E-state index in [1.165, 1.54) is 0 Å². The Labute approximate surface area is 235 Å². The van der Waals surface area contributed by atoms with Crippen molar-refractivity contribution in [1.82, 2.24) is 19.4 Å². The molecule has 0 aliphatic carbocycles. The molecule has 204 valence electrons. The minimum absolute atomic E-state index is 0.0268. The van der Waals surface area contributed by atoms with E-state index in [1.54, 1.807) is 24.7 Å². The van der Waals surface area contributed by atoms with Crippen LogP contribution in [0.5, 0.6) is 0 Å². The molecule has 1 aliphatic heterocycles. The van der Waals surface area contributed by atoms with Crippen LogP contribution >= 0.6 is 0 Å². The third kappa shape index (κ3) is 5.62. The first-order valence-electron chi connectivity index (χ1n) is 14.1. The minimum Gasteiger partial charge on any atom is -0.336 e. The topological polar surface area (TPSA) is 82.2 Å². The van der Waals surface area contributed by atoms with Gasteiger partial charge in [-0.2, -0.15) is 5.26 Å². The Kier molecular flexibility index (Phi) is 8.26. The number of nitriles is 1. The number of amides is 2. The smallest absolute Gasteiger partial charge is 0.254 e. The standard InChI is InChI=1S/C33H35N5O2/c1-3-4-10-28-22-36(33(40)30-12-7-9-27-8-5-6-11-29(27)30)17-18-38(28)32(39)24(2)31-20-35-23-37(31)21-26-15-13-25(19-34)14-16-26/h5-9,11-16,20,23-24,28H,3-4,10,17-18,21-22H2,1-2H3/t24-,28+/m1/s1. The molecule has 0 saturated carbocycles. The number of carbonyl (C=O) groups excluding carboxylic acids is 2. The van der Waals surface area contributed by atoms with Crippen LogP contribution in [0.4, 0.5) is 0 Å². The summed E-state index contributed by atoms with van der Waals surface area (Å²) in [7, 11) is 0. The molecular formula is C33H35N5O2. The Morgan fingerprint density at radius 2 is 1.82 bits per heavy atom. The molecule has 0 unspecified atom stereocenters. The van der Waals surface area contributed by atoms with Gasteiger partial charge in [0.05, 0.1) is 23.9 Å². The van der Waals surface area contributed by atoms with Gasteiger partial charge in [0.2, 0.25) is 5.91 Å². The van der Waals surface area contributed by atoms with Crippen molar-refractivity contribution in [3.05, 3.63) is 102 Å². The minimum atomic E-state index is -0.370. The van der Waals surface area contributed by atoms with Gasteiger partial charge in [0.1, 0.15) is 0 Å². The third-order valence-electron chi connectivity index (χ3n) is 7.96. The normalized spacial score (nSPS) is 16.1. The predicted octanol–water partition coefficient (Wildman–Crippen LogP) is 5.60. The molecule has 1 aliphatic rings. The lowest BCUT2D eigenvalue weighted by Crippen LogP contribution is -2.57. The van der Waals surface area contributed by atoms with Crippen molar-refractivity contribution in [1.29, 1.82) is 5.26 Å². The Balaban J connectivity index is 1.32. The van der Waals surface area contributed by atoms with E-state index in [2.05, 4.69) is 18.0 Å². The molecule has 0 radical (unpaired) electrons. The van der Waals surface area contributed by atoms with Crippen molar-refractivity contribution in [3.8, 4) is 6.07 Å². The first kappa shape index (κ1) is 27.1. The fourth-order valence-electron chi connectivity index (χ4n) is 5.68. The Morgan fingerprint density at radius 1 is 1.05 bits per heavy atom. The lowest BCUT2D eigenvalue weighted by atomic mass is 9.99. The summed E-state index contributed by atoms with van der Waals surface area (Å²) in [6.07, 6.45) is 6.41. The summed E-state index contributed by atoms with van der Waals surface area (Å²) < 4.78 is 2.01. The number of hydrogen-bond donors (Lipinski definition) is 0. The summed E-state index contributed by atoms with van der Waals surface area (Å²) in [6.45, 7) is 6.22. The number of carbonyl (C=O) groups is 2. The molecular weight excluding hydrogens is 498 g/mol. The zero-order valence-electron chi connectivity index (χ0n) is 23.2. The molecule has 40 heavy (non-hydrogen) atoms. The molecule has 2 heterocycles. The maximum Gasteiger partial charge on any atom is 0.254 e. The number of hydrogen-bond acceptors (Lipinski definition) is 4. The molecule has 7 heteroatoms. The largest absolute Gasteiger partial charge is 0.336 e. The van der Waals surface area contributed by atoms with E-state index in [0.717, 1.165) is 41.3 Å². The average Bonchev–Trinajstić information content (AvgIpc) is 3.46. The number of fused-ring (bicyclic) bond motifs is 1. The van der Waals surface area contributed by atoms with Crippen LogP contribution in [0.2, 0.25) is 0 Å². The second kappa shape index (κ2) is 12.2. The molecule has 1 fully saturated rings. The number of rotatable bonds is 8. The first-order valence-corrected chi connectivity index (χ1v) is 14.1. The van der Waals surface area contributed by atoms with E-state index < -0.39 is 0 Å². The van der Waals surface area contributed by atoms with Crippen molar-refractivity contribution < 1.29 is 9.59 Å². The highest BCUT2D eigenvalue weighted by Gasteiger charge is 2.35. The van der Waals surface area contributed by atoms with Gasteiger partial charge in [0.25, 0.3) is 5.91 Å². The van der Waals surface area contributed by atoms with Crippen LogP contribution < -0.4 is 0 Å². The second-order valence-electron chi connectivity index (χ2n) is 10.6. The molecule has 2 atom stereocenters.